The summed E-state index contributed by atoms with van der Waals surface area (Å²) in [5, 5.41) is 11.9. The van der Waals surface area contributed by atoms with Crippen molar-refractivity contribution < 1.29 is 9.53 Å². The molecule has 6 nitrogen and oxygen atoms in total. The maximum Gasteiger partial charge on any atom is 0.226 e. The minimum Gasteiger partial charge on any atom is -0.497 e. The number of hydrogen-bond donors (Lipinski definition) is 1. The summed E-state index contributed by atoms with van der Waals surface area (Å²) in [5.41, 5.74) is 4.16. The second-order valence-electron chi connectivity index (χ2n) is 7.13. The number of carbonyl (C=O) groups is 1. The van der Waals surface area contributed by atoms with Crippen LogP contribution in [0.1, 0.15) is 29.7 Å². The molecule has 0 aliphatic heterocycles. The topological polar surface area (TPSA) is 69.0 Å². The van der Waals surface area contributed by atoms with Crippen molar-refractivity contribution >= 4 is 5.91 Å². The number of amides is 1. The van der Waals surface area contributed by atoms with E-state index in [2.05, 4.69) is 27.6 Å². The van der Waals surface area contributed by atoms with Gasteiger partial charge in [0.2, 0.25) is 5.91 Å². The molecule has 4 rings (SSSR count). The molecule has 0 bridgehead atoms. The van der Waals surface area contributed by atoms with Crippen LogP contribution in [0, 0.1) is 0 Å². The zero-order valence-electron chi connectivity index (χ0n) is 16.0. The molecule has 0 spiro atoms. The van der Waals surface area contributed by atoms with Crippen LogP contribution in [0.2, 0.25) is 0 Å². The van der Waals surface area contributed by atoms with Gasteiger partial charge in [0.25, 0.3) is 0 Å². The molecule has 0 radical (unpaired) electrons. The maximum atomic E-state index is 12.5. The third-order valence-electron chi connectivity index (χ3n) is 5.11. The van der Waals surface area contributed by atoms with Crippen LogP contribution < -0.4 is 10.1 Å². The van der Waals surface area contributed by atoms with Gasteiger partial charge in [0, 0.05) is 6.04 Å². The standard InChI is InChI=1S/C22H24N4O2/c1-28-21-11-10-17-12-18(7-5-6-16(17)13-21)24-22(27)14-19-15-23-26(25-19)20-8-3-2-4-9-20/h2-4,8-11,13,15,18H,5-7,12,14H2,1H3,(H,24,27). The lowest BCUT2D eigenvalue weighted by Gasteiger charge is -2.17. The molecule has 1 aliphatic rings. The minimum absolute atomic E-state index is 0.0120. The number of aromatic nitrogens is 3. The fourth-order valence-corrected chi connectivity index (χ4v) is 3.70. The highest BCUT2D eigenvalue weighted by atomic mass is 16.5. The Morgan fingerprint density at radius 2 is 2.07 bits per heavy atom. The lowest BCUT2D eigenvalue weighted by molar-refractivity contribution is -0.121. The number of fused-ring (bicyclic) bond motifs is 1. The molecule has 1 N–H and O–H groups in total. The Hall–Kier alpha value is -3.15. The summed E-state index contributed by atoms with van der Waals surface area (Å²) in [6, 6.07) is 16.0. The molecule has 2 aromatic carbocycles. The molecule has 0 saturated heterocycles. The molecule has 1 aromatic heterocycles. The van der Waals surface area contributed by atoms with Crippen molar-refractivity contribution in [3.8, 4) is 11.4 Å². The van der Waals surface area contributed by atoms with Gasteiger partial charge in [-0.15, -0.1) is 0 Å². The van der Waals surface area contributed by atoms with Gasteiger partial charge in [-0.2, -0.15) is 15.0 Å². The van der Waals surface area contributed by atoms with E-state index in [4.69, 9.17) is 4.74 Å². The Balaban J connectivity index is 1.38. The highest BCUT2D eigenvalue weighted by Gasteiger charge is 2.19. The van der Waals surface area contributed by atoms with Crippen LogP contribution in [0.5, 0.6) is 5.75 Å². The number of hydrogen-bond acceptors (Lipinski definition) is 4. The fourth-order valence-electron chi connectivity index (χ4n) is 3.70. The first kappa shape index (κ1) is 18.2. The highest BCUT2D eigenvalue weighted by Crippen LogP contribution is 2.25. The molecule has 6 heteroatoms. The van der Waals surface area contributed by atoms with Gasteiger partial charge in [0.1, 0.15) is 5.75 Å². The number of ether oxygens (including phenoxy) is 1. The van der Waals surface area contributed by atoms with E-state index in [9.17, 15) is 4.79 Å². The van der Waals surface area contributed by atoms with Gasteiger partial charge in [0.05, 0.1) is 31.1 Å². The molecule has 1 aliphatic carbocycles. The first-order valence-electron chi connectivity index (χ1n) is 9.63. The van der Waals surface area contributed by atoms with Gasteiger partial charge in [0.15, 0.2) is 0 Å². The average molecular weight is 376 g/mol. The number of benzene rings is 2. The van der Waals surface area contributed by atoms with Gasteiger partial charge in [-0.25, -0.2) is 0 Å². The summed E-state index contributed by atoms with van der Waals surface area (Å²) >= 11 is 0. The summed E-state index contributed by atoms with van der Waals surface area (Å²) in [6.07, 6.45) is 5.78. The second-order valence-corrected chi connectivity index (χ2v) is 7.13. The Labute approximate surface area is 164 Å². The van der Waals surface area contributed by atoms with Crippen LogP contribution >= 0.6 is 0 Å². The molecule has 1 unspecified atom stereocenters. The first-order valence-corrected chi connectivity index (χ1v) is 9.63. The highest BCUT2D eigenvalue weighted by molar-refractivity contribution is 5.78. The number of para-hydroxylation sites is 1. The smallest absolute Gasteiger partial charge is 0.226 e. The summed E-state index contributed by atoms with van der Waals surface area (Å²) in [7, 11) is 1.69. The van der Waals surface area contributed by atoms with Gasteiger partial charge in [-0.05, 0) is 61.1 Å². The molecular weight excluding hydrogens is 352 g/mol. The van der Waals surface area contributed by atoms with Crippen molar-refractivity contribution in [3.05, 3.63) is 71.5 Å². The molecule has 1 heterocycles. The fraction of sp³-hybridized carbons (Fsp3) is 0.318. The summed E-state index contributed by atoms with van der Waals surface area (Å²) in [5.74, 6) is 0.879. The number of nitrogens with zero attached hydrogens (tertiary/aromatic N) is 3. The molecule has 1 atom stereocenters. The molecule has 0 fully saturated rings. The SMILES string of the molecule is COc1ccc2c(c1)CCCC(NC(=O)Cc1cnn(-c3ccccc3)n1)C2. The number of carbonyl (C=O) groups excluding carboxylic acids is 1. The molecular formula is C22H24N4O2. The molecule has 28 heavy (non-hydrogen) atoms. The van der Waals surface area contributed by atoms with Crippen LogP contribution in [-0.2, 0) is 24.1 Å². The van der Waals surface area contributed by atoms with E-state index in [1.54, 1.807) is 18.1 Å². The zero-order valence-corrected chi connectivity index (χ0v) is 16.0. The molecule has 1 amide bonds. The van der Waals surface area contributed by atoms with E-state index in [1.165, 1.54) is 11.1 Å². The lowest BCUT2D eigenvalue weighted by Crippen LogP contribution is -2.37. The van der Waals surface area contributed by atoms with E-state index in [0.717, 1.165) is 37.1 Å². The number of rotatable bonds is 5. The zero-order chi connectivity index (χ0) is 19.3. The van der Waals surface area contributed by atoms with Gasteiger partial charge < -0.3 is 10.1 Å². The van der Waals surface area contributed by atoms with Crippen molar-refractivity contribution in [1.29, 1.82) is 0 Å². The maximum absolute atomic E-state index is 12.5. The van der Waals surface area contributed by atoms with E-state index >= 15 is 0 Å². The van der Waals surface area contributed by atoms with Crippen LogP contribution in [0.15, 0.2) is 54.7 Å². The van der Waals surface area contributed by atoms with Crippen LogP contribution in [-0.4, -0.2) is 34.1 Å². The van der Waals surface area contributed by atoms with Gasteiger partial charge in [-0.1, -0.05) is 24.3 Å². The van der Waals surface area contributed by atoms with Crippen molar-refractivity contribution in [1.82, 2.24) is 20.3 Å². The normalized spacial score (nSPS) is 16.1. The van der Waals surface area contributed by atoms with E-state index in [1.807, 2.05) is 36.4 Å². The molecule has 0 saturated carbocycles. The van der Waals surface area contributed by atoms with Gasteiger partial charge >= 0.3 is 0 Å². The number of nitrogens with one attached hydrogen (secondary N) is 1. The van der Waals surface area contributed by atoms with Crippen LogP contribution in [0.3, 0.4) is 0 Å². The second kappa shape index (κ2) is 8.25. The third kappa shape index (κ3) is 4.22. The van der Waals surface area contributed by atoms with Crippen molar-refractivity contribution in [3.63, 3.8) is 0 Å². The summed E-state index contributed by atoms with van der Waals surface area (Å²) in [4.78, 5) is 14.1. The molecule has 3 aromatic rings. The average Bonchev–Trinajstić information content (AvgIpc) is 3.08. The van der Waals surface area contributed by atoms with E-state index in [-0.39, 0.29) is 18.4 Å². The monoisotopic (exact) mass is 376 g/mol. The van der Waals surface area contributed by atoms with E-state index in [0.29, 0.717) is 5.69 Å². The Morgan fingerprint density at radius 3 is 2.89 bits per heavy atom. The molecule has 144 valence electrons. The van der Waals surface area contributed by atoms with Crippen molar-refractivity contribution in [2.75, 3.05) is 7.11 Å². The quantitative estimate of drug-likeness (QED) is 0.695. The van der Waals surface area contributed by atoms with Gasteiger partial charge in [-0.3, -0.25) is 4.79 Å². The van der Waals surface area contributed by atoms with Crippen LogP contribution in [0.25, 0.3) is 5.69 Å². The number of methoxy groups -OCH3 is 1. The number of aryl methyl sites for hydroxylation is 1. The Morgan fingerprint density at radius 1 is 1.21 bits per heavy atom. The Kier molecular flexibility index (Phi) is 5.37. The minimum atomic E-state index is -0.0120. The lowest BCUT2D eigenvalue weighted by atomic mass is 10.0. The first-order chi connectivity index (χ1) is 13.7. The van der Waals surface area contributed by atoms with E-state index < -0.39 is 0 Å². The largest absolute Gasteiger partial charge is 0.497 e. The summed E-state index contributed by atoms with van der Waals surface area (Å²) in [6.45, 7) is 0. The summed E-state index contributed by atoms with van der Waals surface area (Å²) < 4.78 is 5.33. The van der Waals surface area contributed by atoms with Crippen LogP contribution in [0.4, 0.5) is 0 Å². The predicted octanol–water partition coefficient (Wildman–Crippen LogP) is 2.88. The van der Waals surface area contributed by atoms with Crippen molar-refractivity contribution in [2.24, 2.45) is 0 Å². The predicted molar refractivity (Wildman–Crippen MR) is 107 cm³/mol. The Bertz CT molecular complexity index is 952. The van der Waals surface area contributed by atoms with Crippen molar-refractivity contribution in [2.45, 2.75) is 38.1 Å². The third-order valence-corrected chi connectivity index (χ3v) is 5.11.